The molecule has 0 spiro atoms. The fraction of sp³-hybridized carbons (Fsp3) is 0.176. The van der Waals surface area contributed by atoms with Gasteiger partial charge in [-0.05, 0) is 36.8 Å². The van der Waals surface area contributed by atoms with Crippen LogP contribution >= 0.6 is 11.6 Å². The number of Topliss-reactive ketones (excluding diaryl/α,β-unsaturated/α-hetero) is 1. The maximum atomic E-state index is 13.4. The average Bonchev–Trinajstić information content (AvgIpc) is 2.49. The molecular weight excluding hydrogens is 323 g/mol. The fourth-order valence-corrected chi connectivity index (χ4v) is 2.94. The number of fused-ring (bicyclic) bond motifs is 1. The molecule has 0 aliphatic carbocycles. The summed E-state index contributed by atoms with van der Waals surface area (Å²) in [5.41, 5.74) is 1.03. The number of benzene rings is 2. The van der Waals surface area contributed by atoms with Crippen molar-refractivity contribution < 1.29 is 23.8 Å². The number of carbonyl (C=O) groups is 2. The van der Waals surface area contributed by atoms with Crippen LogP contribution in [0.1, 0.15) is 40.7 Å². The number of phenolic OH excluding ortho intramolecular Hbond substituents is 1. The Labute approximate surface area is 136 Å². The van der Waals surface area contributed by atoms with Crippen LogP contribution in [0.5, 0.6) is 11.5 Å². The van der Waals surface area contributed by atoms with Crippen LogP contribution < -0.4 is 4.74 Å². The van der Waals surface area contributed by atoms with E-state index >= 15 is 0 Å². The Bertz CT molecular complexity index is 832. The first-order valence-electron chi connectivity index (χ1n) is 6.91. The number of hydrogen-bond acceptors (Lipinski definition) is 4. The van der Waals surface area contributed by atoms with Gasteiger partial charge in [0.05, 0.1) is 17.0 Å². The van der Waals surface area contributed by atoms with Crippen molar-refractivity contribution in [1.29, 1.82) is 0 Å². The molecule has 3 rings (SSSR count). The van der Waals surface area contributed by atoms with Gasteiger partial charge in [0, 0.05) is 11.5 Å². The normalized spacial score (nSPS) is 16.7. The van der Waals surface area contributed by atoms with Crippen LogP contribution in [0.4, 0.5) is 4.39 Å². The summed E-state index contributed by atoms with van der Waals surface area (Å²) in [6, 6.07) is 6.98. The highest BCUT2D eigenvalue weighted by molar-refractivity contribution is 6.30. The monoisotopic (exact) mass is 334 g/mol. The zero-order valence-electron chi connectivity index (χ0n) is 12.1. The molecule has 1 N–H and O–H groups in total. The van der Waals surface area contributed by atoms with Crippen molar-refractivity contribution in [2.45, 2.75) is 19.3 Å². The van der Waals surface area contributed by atoms with Crippen LogP contribution in [0.3, 0.4) is 0 Å². The number of phenols is 1. The van der Waals surface area contributed by atoms with Crippen LogP contribution in [0, 0.1) is 5.82 Å². The molecule has 2 aromatic rings. The van der Waals surface area contributed by atoms with Crippen molar-refractivity contribution in [2.24, 2.45) is 0 Å². The molecule has 118 valence electrons. The minimum absolute atomic E-state index is 0.0378. The zero-order valence-corrected chi connectivity index (χ0v) is 12.9. The minimum Gasteiger partial charge on any atom is -0.507 e. The Morgan fingerprint density at radius 3 is 2.74 bits per heavy atom. The molecule has 4 nitrogen and oxygen atoms in total. The molecule has 0 radical (unpaired) electrons. The first-order valence-corrected chi connectivity index (χ1v) is 7.28. The Hall–Kier alpha value is -2.40. The molecule has 6 heteroatoms. The van der Waals surface area contributed by atoms with E-state index in [2.05, 4.69) is 0 Å². The van der Waals surface area contributed by atoms with Crippen molar-refractivity contribution in [3.05, 3.63) is 57.9 Å². The van der Waals surface area contributed by atoms with Gasteiger partial charge in [-0.25, -0.2) is 4.39 Å². The van der Waals surface area contributed by atoms with E-state index < -0.39 is 17.7 Å². The summed E-state index contributed by atoms with van der Waals surface area (Å²) < 4.78 is 18.5. The van der Waals surface area contributed by atoms with E-state index in [0.717, 1.165) is 0 Å². The summed E-state index contributed by atoms with van der Waals surface area (Å²) in [4.78, 5) is 23.4. The molecule has 0 unspecified atom stereocenters. The van der Waals surface area contributed by atoms with Crippen LogP contribution in [0.2, 0.25) is 5.02 Å². The third kappa shape index (κ3) is 2.68. The maximum absolute atomic E-state index is 13.4. The summed E-state index contributed by atoms with van der Waals surface area (Å²) in [7, 11) is 0. The number of carbonyl (C=O) groups excluding carboxylic acids is 2. The Morgan fingerprint density at radius 2 is 2.09 bits per heavy atom. The first-order chi connectivity index (χ1) is 10.9. The molecule has 0 saturated heterocycles. The van der Waals surface area contributed by atoms with E-state index in [1.165, 1.54) is 37.3 Å². The second-order valence-electron chi connectivity index (χ2n) is 5.33. The molecule has 0 aromatic heterocycles. The Kier molecular flexibility index (Phi) is 3.82. The third-order valence-corrected chi connectivity index (χ3v) is 4.14. The Morgan fingerprint density at radius 1 is 1.35 bits per heavy atom. The minimum atomic E-state index is -0.573. The van der Waals surface area contributed by atoms with Gasteiger partial charge in [0.25, 0.3) is 0 Å². The van der Waals surface area contributed by atoms with E-state index in [1.807, 2.05) is 0 Å². The number of ether oxygens (including phenoxy) is 1. The third-order valence-electron chi connectivity index (χ3n) is 3.85. The highest BCUT2D eigenvalue weighted by Gasteiger charge is 2.33. The van der Waals surface area contributed by atoms with Crippen LogP contribution in [0.25, 0.3) is 0 Å². The van der Waals surface area contributed by atoms with Crippen molar-refractivity contribution in [3.63, 3.8) is 0 Å². The fourth-order valence-electron chi connectivity index (χ4n) is 2.75. The number of ketones is 1. The number of hydrogen-bond donors (Lipinski definition) is 1. The molecule has 1 atom stereocenters. The van der Waals surface area contributed by atoms with Crippen molar-refractivity contribution in [1.82, 2.24) is 0 Å². The van der Waals surface area contributed by atoms with Crippen LogP contribution in [-0.4, -0.2) is 16.9 Å². The number of halogens is 2. The lowest BCUT2D eigenvalue weighted by molar-refractivity contribution is -0.135. The number of aromatic hydroxyl groups is 1. The van der Waals surface area contributed by atoms with Crippen molar-refractivity contribution >= 4 is 23.4 Å². The average molecular weight is 335 g/mol. The van der Waals surface area contributed by atoms with E-state index in [0.29, 0.717) is 11.1 Å². The van der Waals surface area contributed by atoms with Crippen LogP contribution in [-0.2, 0) is 4.79 Å². The smallest absolute Gasteiger partial charge is 0.312 e. The second kappa shape index (κ2) is 5.66. The Balaban J connectivity index is 2.20. The van der Waals surface area contributed by atoms with Gasteiger partial charge in [-0.1, -0.05) is 17.7 Å². The second-order valence-corrected chi connectivity index (χ2v) is 5.74. The first kappa shape index (κ1) is 15.5. The van der Waals surface area contributed by atoms with E-state index in [-0.39, 0.29) is 34.3 Å². The molecule has 1 aliphatic heterocycles. The molecule has 2 aromatic carbocycles. The van der Waals surface area contributed by atoms with Gasteiger partial charge in [-0.3, -0.25) is 9.59 Å². The lowest BCUT2D eigenvalue weighted by Crippen LogP contribution is -2.21. The quantitative estimate of drug-likeness (QED) is 0.515. The predicted octanol–water partition coefficient (Wildman–Crippen LogP) is 3.83. The van der Waals surface area contributed by atoms with Crippen molar-refractivity contribution in [2.75, 3.05) is 0 Å². The topological polar surface area (TPSA) is 63.6 Å². The molecular formula is C17H12ClFO4. The standard InChI is InChI=1S/C17H12ClFO4/c1-8(20)10-3-5-14-16(17(10)22)11(7-15(21)23-14)9-2-4-13(19)12(18)6-9/h2-6,11,22H,7H2,1H3/t11-/m0/s1. The van der Waals surface area contributed by atoms with Gasteiger partial charge >= 0.3 is 5.97 Å². The van der Waals surface area contributed by atoms with Crippen molar-refractivity contribution in [3.8, 4) is 11.5 Å². The highest BCUT2D eigenvalue weighted by atomic mass is 35.5. The molecule has 1 aliphatic rings. The van der Waals surface area contributed by atoms with Gasteiger partial charge in [0.15, 0.2) is 5.78 Å². The molecule has 0 saturated carbocycles. The predicted molar refractivity (Wildman–Crippen MR) is 81.6 cm³/mol. The molecule has 1 heterocycles. The largest absolute Gasteiger partial charge is 0.507 e. The summed E-state index contributed by atoms with van der Waals surface area (Å²) in [6.45, 7) is 1.33. The maximum Gasteiger partial charge on any atom is 0.312 e. The van der Waals surface area contributed by atoms with Gasteiger partial charge in [0.1, 0.15) is 17.3 Å². The summed E-state index contributed by atoms with van der Waals surface area (Å²) >= 11 is 5.81. The van der Waals surface area contributed by atoms with Gasteiger partial charge in [0.2, 0.25) is 0 Å². The highest BCUT2D eigenvalue weighted by Crippen LogP contribution is 2.45. The molecule has 0 amide bonds. The van der Waals surface area contributed by atoms with Gasteiger partial charge < -0.3 is 9.84 Å². The van der Waals surface area contributed by atoms with Crippen LogP contribution in [0.15, 0.2) is 30.3 Å². The molecule has 0 fully saturated rings. The zero-order chi connectivity index (χ0) is 16.7. The van der Waals surface area contributed by atoms with Gasteiger partial charge in [-0.15, -0.1) is 0 Å². The number of rotatable bonds is 2. The number of esters is 1. The lowest BCUT2D eigenvalue weighted by Gasteiger charge is -2.26. The lowest BCUT2D eigenvalue weighted by atomic mass is 9.84. The van der Waals surface area contributed by atoms with E-state index in [1.54, 1.807) is 0 Å². The summed E-state index contributed by atoms with van der Waals surface area (Å²) in [5.74, 6) is -1.96. The van der Waals surface area contributed by atoms with E-state index in [4.69, 9.17) is 16.3 Å². The summed E-state index contributed by atoms with van der Waals surface area (Å²) in [6.07, 6.45) is -0.0378. The van der Waals surface area contributed by atoms with E-state index in [9.17, 15) is 19.1 Å². The van der Waals surface area contributed by atoms with Gasteiger partial charge in [-0.2, -0.15) is 0 Å². The summed E-state index contributed by atoms with van der Waals surface area (Å²) in [5, 5.41) is 10.3. The molecule has 0 bridgehead atoms. The molecule has 23 heavy (non-hydrogen) atoms. The SMILES string of the molecule is CC(=O)c1ccc2c(c1O)[C@H](c1ccc(F)c(Cl)c1)CC(=O)O2.